The smallest absolute Gasteiger partial charge is 0.306 e. The summed E-state index contributed by atoms with van der Waals surface area (Å²) < 4.78 is 5.19. The number of hydrogen-bond donors (Lipinski definition) is 2. The van der Waals surface area contributed by atoms with E-state index in [-0.39, 0.29) is 6.42 Å². The van der Waals surface area contributed by atoms with Crippen molar-refractivity contribution in [1.82, 2.24) is 0 Å². The molecule has 0 heterocycles. The zero-order valence-corrected chi connectivity index (χ0v) is 10.4. The lowest BCUT2D eigenvalue weighted by molar-refractivity contribution is -0.142. The molecule has 1 aromatic rings. The Morgan fingerprint density at radius 3 is 2.59 bits per heavy atom. The van der Waals surface area contributed by atoms with Crippen LogP contribution in [0, 0.1) is 0 Å². The molecule has 1 atom stereocenters. The number of carbonyl (C=O) groups is 1. The van der Waals surface area contributed by atoms with Crippen LogP contribution in [0.1, 0.15) is 31.4 Å². The molecule has 1 unspecified atom stereocenters. The average molecular weight is 238 g/mol. The van der Waals surface area contributed by atoms with Crippen LogP contribution in [0.25, 0.3) is 0 Å². The topological polar surface area (TPSA) is 66.8 Å². The van der Waals surface area contributed by atoms with E-state index in [4.69, 9.17) is 9.84 Å². The van der Waals surface area contributed by atoms with Gasteiger partial charge in [-0.3, -0.25) is 4.79 Å². The maximum atomic E-state index is 10.7. The Kier molecular flexibility index (Phi) is 4.12. The SMILES string of the molecule is CCc1cc(C(C)(O)CC(=O)O)ccc1OC. The summed E-state index contributed by atoms with van der Waals surface area (Å²) in [6.07, 6.45) is 0.447. The van der Waals surface area contributed by atoms with Gasteiger partial charge in [-0.15, -0.1) is 0 Å². The van der Waals surface area contributed by atoms with Crippen molar-refractivity contribution in [2.75, 3.05) is 7.11 Å². The predicted octanol–water partition coefficient (Wildman–Crippen LogP) is 1.94. The summed E-state index contributed by atoms with van der Waals surface area (Å²) >= 11 is 0. The second kappa shape index (κ2) is 5.19. The summed E-state index contributed by atoms with van der Waals surface area (Å²) in [6, 6.07) is 5.24. The summed E-state index contributed by atoms with van der Waals surface area (Å²) in [5.74, 6) is -0.272. The number of aliphatic carboxylic acids is 1. The van der Waals surface area contributed by atoms with Gasteiger partial charge in [0.2, 0.25) is 0 Å². The maximum absolute atomic E-state index is 10.7. The van der Waals surface area contributed by atoms with Gasteiger partial charge in [0.1, 0.15) is 5.75 Å². The summed E-state index contributed by atoms with van der Waals surface area (Å²) in [5.41, 5.74) is 0.190. The minimum Gasteiger partial charge on any atom is -0.496 e. The fourth-order valence-electron chi connectivity index (χ4n) is 1.79. The van der Waals surface area contributed by atoms with E-state index >= 15 is 0 Å². The molecular weight excluding hydrogens is 220 g/mol. The van der Waals surface area contributed by atoms with Crippen molar-refractivity contribution in [3.63, 3.8) is 0 Å². The van der Waals surface area contributed by atoms with E-state index in [0.717, 1.165) is 17.7 Å². The molecule has 0 aliphatic rings. The van der Waals surface area contributed by atoms with Crippen LogP contribution in [0.2, 0.25) is 0 Å². The number of methoxy groups -OCH3 is 1. The number of benzene rings is 1. The van der Waals surface area contributed by atoms with Crippen molar-refractivity contribution in [3.8, 4) is 5.75 Å². The van der Waals surface area contributed by atoms with Crippen LogP contribution in [0.4, 0.5) is 0 Å². The van der Waals surface area contributed by atoms with Crippen molar-refractivity contribution < 1.29 is 19.7 Å². The van der Waals surface area contributed by atoms with E-state index < -0.39 is 11.6 Å². The van der Waals surface area contributed by atoms with Gasteiger partial charge in [-0.25, -0.2) is 0 Å². The Labute approximate surface area is 101 Å². The fraction of sp³-hybridized carbons (Fsp3) is 0.462. The largest absolute Gasteiger partial charge is 0.496 e. The molecule has 1 rings (SSSR count). The number of hydrogen-bond acceptors (Lipinski definition) is 3. The summed E-state index contributed by atoms with van der Waals surface area (Å²) in [5, 5.41) is 18.9. The summed E-state index contributed by atoms with van der Waals surface area (Å²) in [6.45, 7) is 3.48. The van der Waals surface area contributed by atoms with Gasteiger partial charge in [0.25, 0.3) is 0 Å². The lowest BCUT2D eigenvalue weighted by Crippen LogP contribution is -2.25. The van der Waals surface area contributed by atoms with E-state index in [2.05, 4.69) is 0 Å². The third-order valence-corrected chi connectivity index (χ3v) is 2.78. The van der Waals surface area contributed by atoms with Crippen LogP contribution in [0.15, 0.2) is 18.2 Å². The van der Waals surface area contributed by atoms with Crippen LogP contribution in [-0.4, -0.2) is 23.3 Å². The average Bonchev–Trinajstić information content (AvgIpc) is 2.26. The summed E-state index contributed by atoms with van der Waals surface area (Å²) in [7, 11) is 1.59. The highest BCUT2D eigenvalue weighted by atomic mass is 16.5. The Bertz CT molecular complexity index is 410. The second-order valence-electron chi connectivity index (χ2n) is 4.22. The van der Waals surface area contributed by atoms with Gasteiger partial charge < -0.3 is 14.9 Å². The highest BCUT2D eigenvalue weighted by Gasteiger charge is 2.27. The van der Waals surface area contributed by atoms with Crippen molar-refractivity contribution in [1.29, 1.82) is 0 Å². The molecule has 0 amide bonds. The van der Waals surface area contributed by atoms with E-state index in [1.165, 1.54) is 6.92 Å². The van der Waals surface area contributed by atoms with E-state index in [0.29, 0.717) is 5.56 Å². The Balaban J connectivity index is 3.10. The molecule has 0 saturated heterocycles. The highest BCUT2D eigenvalue weighted by Crippen LogP contribution is 2.29. The van der Waals surface area contributed by atoms with Gasteiger partial charge in [-0.1, -0.05) is 13.0 Å². The normalized spacial score (nSPS) is 14.1. The minimum absolute atomic E-state index is 0.317. The lowest BCUT2D eigenvalue weighted by atomic mass is 9.90. The molecular formula is C13H18O4. The second-order valence-corrected chi connectivity index (χ2v) is 4.22. The number of carboxylic acid groups (broad SMARTS) is 1. The quantitative estimate of drug-likeness (QED) is 0.822. The standard InChI is InChI=1S/C13H18O4/c1-4-9-7-10(5-6-11(9)17-3)13(2,16)8-12(14)15/h5-7,16H,4,8H2,1-3H3,(H,14,15). The molecule has 0 bridgehead atoms. The van der Waals surface area contributed by atoms with Crippen molar-refractivity contribution in [2.45, 2.75) is 32.3 Å². The molecule has 4 heteroatoms. The van der Waals surface area contributed by atoms with Crippen LogP contribution in [0.5, 0.6) is 5.75 Å². The van der Waals surface area contributed by atoms with Gasteiger partial charge in [-0.05, 0) is 36.6 Å². The molecule has 0 fully saturated rings. The predicted molar refractivity (Wildman–Crippen MR) is 64.2 cm³/mol. The minimum atomic E-state index is -1.36. The van der Waals surface area contributed by atoms with Crippen LogP contribution in [-0.2, 0) is 16.8 Å². The Hall–Kier alpha value is -1.55. The van der Waals surface area contributed by atoms with Gasteiger partial charge in [-0.2, -0.15) is 0 Å². The molecule has 17 heavy (non-hydrogen) atoms. The van der Waals surface area contributed by atoms with E-state index in [9.17, 15) is 9.90 Å². The lowest BCUT2D eigenvalue weighted by Gasteiger charge is -2.23. The molecule has 1 aromatic carbocycles. The maximum Gasteiger partial charge on any atom is 0.306 e. The number of aryl methyl sites for hydroxylation is 1. The highest BCUT2D eigenvalue weighted by molar-refractivity contribution is 5.68. The Morgan fingerprint density at radius 2 is 2.12 bits per heavy atom. The number of rotatable bonds is 5. The molecule has 0 radical (unpaired) electrons. The van der Waals surface area contributed by atoms with Gasteiger partial charge >= 0.3 is 5.97 Å². The van der Waals surface area contributed by atoms with E-state index in [1.54, 1.807) is 25.3 Å². The molecule has 0 aromatic heterocycles. The van der Waals surface area contributed by atoms with E-state index in [1.807, 2.05) is 6.92 Å². The van der Waals surface area contributed by atoms with Gasteiger partial charge in [0.05, 0.1) is 19.1 Å². The summed E-state index contributed by atoms with van der Waals surface area (Å²) in [4.78, 5) is 10.7. The first kappa shape index (κ1) is 13.5. The van der Waals surface area contributed by atoms with Crippen molar-refractivity contribution in [3.05, 3.63) is 29.3 Å². The third kappa shape index (κ3) is 3.20. The zero-order chi connectivity index (χ0) is 13.1. The fourth-order valence-corrected chi connectivity index (χ4v) is 1.79. The Morgan fingerprint density at radius 1 is 1.47 bits per heavy atom. The molecule has 0 aliphatic heterocycles. The number of ether oxygens (including phenoxy) is 1. The zero-order valence-electron chi connectivity index (χ0n) is 10.4. The first-order valence-electron chi connectivity index (χ1n) is 5.52. The van der Waals surface area contributed by atoms with Gasteiger partial charge in [0, 0.05) is 0 Å². The monoisotopic (exact) mass is 238 g/mol. The van der Waals surface area contributed by atoms with Crippen LogP contribution >= 0.6 is 0 Å². The molecule has 0 aliphatic carbocycles. The molecule has 4 nitrogen and oxygen atoms in total. The van der Waals surface area contributed by atoms with Crippen molar-refractivity contribution >= 4 is 5.97 Å². The number of carboxylic acids is 1. The van der Waals surface area contributed by atoms with Crippen molar-refractivity contribution in [2.24, 2.45) is 0 Å². The first-order valence-corrected chi connectivity index (χ1v) is 5.52. The van der Waals surface area contributed by atoms with Crippen LogP contribution < -0.4 is 4.74 Å². The van der Waals surface area contributed by atoms with Gasteiger partial charge in [0.15, 0.2) is 0 Å². The van der Waals surface area contributed by atoms with Crippen LogP contribution in [0.3, 0.4) is 0 Å². The molecule has 94 valence electrons. The molecule has 2 N–H and O–H groups in total. The molecule has 0 spiro atoms. The molecule has 0 saturated carbocycles. The third-order valence-electron chi connectivity index (χ3n) is 2.78. The first-order chi connectivity index (χ1) is 7.90. The number of aliphatic hydroxyl groups is 1.